The van der Waals surface area contributed by atoms with E-state index in [4.69, 9.17) is 0 Å². The van der Waals surface area contributed by atoms with Gasteiger partial charge in [0.1, 0.15) is 0 Å². The molecule has 3 aromatic rings. The van der Waals surface area contributed by atoms with Crippen LogP contribution in [0.5, 0.6) is 0 Å². The Labute approximate surface area is 172 Å². The zero-order valence-corrected chi connectivity index (χ0v) is 16.8. The van der Waals surface area contributed by atoms with E-state index in [1.165, 1.54) is 5.56 Å². The Bertz CT molecular complexity index is 1080. The topological polar surface area (TPSA) is 32.1 Å². The molecule has 0 saturated heterocycles. The van der Waals surface area contributed by atoms with Gasteiger partial charge < -0.3 is 5.32 Å². The summed E-state index contributed by atoms with van der Waals surface area (Å²) in [6.07, 6.45) is 4.26. The minimum Gasteiger partial charge on any atom is -0.321 e. The van der Waals surface area contributed by atoms with Crippen LogP contribution in [0.25, 0.3) is 6.08 Å². The first-order chi connectivity index (χ1) is 14.1. The number of allylic oxidation sites excluding steroid dienone is 1. The summed E-state index contributed by atoms with van der Waals surface area (Å²) in [6.45, 7) is 4.70. The largest absolute Gasteiger partial charge is 0.321 e. The summed E-state index contributed by atoms with van der Waals surface area (Å²) in [6, 6.07) is 28.2. The lowest BCUT2D eigenvalue weighted by atomic mass is 9.81. The van der Waals surface area contributed by atoms with Gasteiger partial charge in [0.15, 0.2) is 5.71 Å². The standard InChI is InChI=1S/C26H24N2O/c1-26(2)22-15-9-10-16-23(22)28(19-25(29)27-21-13-7-4-8-14-21)24(26)18-17-20-11-5-3-6-12-20/h3-18H,19H2,1-2H3/p+1. The van der Waals surface area contributed by atoms with Gasteiger partial charge in [0, 0.05) is 23.4 Å². The van der Waals surface area contributed by atoms with E-state index < -0.39 is 0 Å². The SMILES string of the molecule is CC1(C)C(C=Cc2ccccc2)=[N+](CC(=O)Nc2ccccc2)c2ccccc21. The summed E-state index contributed by atoms with van der Waals surface area (Å²) in [4.78, 5) is 12.8. The zero-order chi connectivity index (χ0) is 20.3. The van der Waals surface area contributed by atoms with E-state index in [2.05, 4.69) is 66.2 Å². The molecule has 0 bridgehead atoms. The molecular weight excluding hydrogens is 356 g/mol. The van der Waals surface area contributed by atoms with E-state index in [1.807, 2.05) is 54.6 Å². The first kappa shape index (κ1) is 18.9. The van der Waals surface area contributed by atoms with Crippen LogP contribution in [0.15, 0.2) is 91.0 Å². The predicted molar refractivity (Wildman–Crippen MR) is 120 cm³/mol. The van der Waals surface area contributed by atoms with Gasteiger partial charge in [0.25, 0.3) is 5.91 Å². The number of carbonyl (C=O) groups is 1. The maximum absolute atomic E-state index is 12.8. The minimum absolute atomic E-state index is 0.0330. The van der Waals surface area contributed by atoms with Gasteiger partial charge in [0.2, 0.25) is 12.2 Å². The summed E-state index contributed by atoms with van der Waals surface area (Å²) >= 11 is 0. The van der Waals surface area contributed by atoms with Crippen LogP contribution in [-0.4, -0.2) is 22.7 Å². The van der Waals surface area contributed by atoms with Gasteiger partial charge in [-0.25, -0.2) is 0 Å². The average Bonchev–Trinajstić information content (AvgIpc) is 2.94. The Balaban J connectivity index is 1.70. The fourth-order valence-corrected chi connectivity index (χ4v) is 3.92. The molecule has 3 heteroatoms. The van der Waals surface area contributed by atoms with Crippen molar-refractivity contribution in [1.82, 2.24) is 0 Å². The number of nitrogens with zero attached hydrogens (tertiary/aromatic N) is 1. The first-order valence-corrected chi connectivity index (χ1v) is 9.88. The third kappa shape index (κ3) is 3.90. The van der Waals surface area contributed by atoms with Gasteiger partial charge in [-0.15, -0.1) is 0 Å². The second-order valence-electron chi connectivity index (χ2n) is 7.77. The number of hydrogen-bond acceptors (Lipinski definition) is 1. The maximum Gasteiger partial charge on any atom is 0.290 e. The van der Waals surface area contributed by atoms with Crippen molar-refractivity contribution in [3.63, 3.8) is 0 Å². The molecule has 1 heterocycles. The molecule has 29 heavy (non-hydrogen) atoms. The zero-order valence-electron chi connectivity index (χ0n) is 16.8. The van der Waals surface area contributed by atoms with Gasteiger partial charge in [-0.05, 0) is 37.6 Å². The van der Waals surface area contributed by atoms with Crippen molar-refractivity contribution >= 4 is 29.1 Å². The summed E-state index contributed by atoms with van der Waals surface area (Å²) in [5.74, 6) is -0.0330. The minimum atomic E-state index is -0.186. The first-order valence-electron chi connectivity index (χ1n) is 9.88. The van der Waals surface area contributed by atoms with Crippen LogP contribution in [0.3, 0.4) is 0 Å². The van der Waals surface area contributed by atoms with E-state index in [0.717, 1.165) is 22.6 Å². The molecule has 0 aliphatic carbocycles. The normalized spacial score (nSPS) is 14.8. The number of nitrogens with one attached hydrogen (secondary N) is 1. The number of fused-ring (bicyclic) bond motifs is 1. The summed E-state index contributed by atoms with van der Waals surface area (Å²) in [5, 5.41) is 3.00. The lowest BCUT2D eigenvalue weighted by molar-refractivity contribution is -0.424. The van der Waals surface area contributed by atoms with Crippen molar-refractivity contribution < 1.29 is 9.37 Å². The van der Waals surface area contributed by atoms with E-state index in [9.17, 15) is 4.79 Å². The smallest absolute Gasteiger partial charge is 0.290 e. The van der Waals surface area contributed by atoms with Crippen molar-refractivity contribution in [2.75, 3.05) is 11.9 Å². The summed E-state index contributed by atoms with van der Waals surface area (Å²) in [5.41, 5.74) is 5.21. The number of hydrogen-bond donors (Lipinski definition) is 1. The number of anilines is 1. The van der Waals surface area contributed by atoms with Gasteiger partial charge >= 0.3 is 0 Å². The molecule has 3 aromatic carbocycles. The highest BCUT2D eigenvalue weighted by molar-refractivity contribution is 6.06. The molecule has 0 spiro atoms. The van der Waals surface area contributed by atoms with E-state index in [0.29, 0.717) is 0 Å². The highest BCUT2D eigenvalue weighted by atomic mass is 16.1. The molecule has 0 unspecified atom stereocenters. The fourth-order valence-electron chi connectivity index (χ4n) is 3.92. The number of para-hydroxylation sites is 2. The van der Waals surface area contributed by atoms with Crippen molar-refractivity contribution in [3.05, 3.63) is 102 Å². The monoisotopic (exact) mass is 381 g/mol. The van der Waals surface area contributed by atoms with Crippen LogP contribution in [-0.2, 0) is 10.2 Å². The van der Waals surface area contributed by atoms with Gasteiger partial charge in [-0.1, -0.05) is 66.7 Å². The molecule has 1 aliphatic heterocycles. The Morgan fingerprint density at radius 1 is 0.862 bits per heavy atom. The second-order valence-corrected chi connectivity index (χ2v) is 7.77. The molecule has 0 fully saturated rings. The van der Waals surface area contributed by atoms with Gasteiger partial charge in [-0.3, -0.25) is 4.79 Å². The molecular formula is C26H25N2O+. The van der Waals surface area contributed by atoms with Crippen molar-refractivity contribution in [2.24, 2.45) is 0 Å². The number of benzene rings is 3. The molecule has 3 nitrogen and oxygen atoms in total. The van der Waals surface area contributed by atoms with Gasteiger partial charge in [-0.2, -0.15) is 4.58 Å². The lowest BCUT2D eigenvalue weighted by Gasteiger charge is -2.15. The van der Waals surface area contributed by atoms with Crippen LogP contribution in [0.2, 0.25) is 0 Å². The second kappa shape index (κ2) is 7.88. The highest BCUT2D eigenvalue weighted by Crippen LogP contribution is 2.39. The molecule has 4 rings (SSSR count). The lowest BCUT2D eigenvalue weighted by Crippen LogP contribution is -2.31. The molecule has 0 saturated carbocycles. The highest BCUT2D eigenvalue weighted by Gasteiger charge is 2.44. The van der Waals surface area contributed by atoms with Crippen LogP contribution in [0.1, 0.15) is 25.0 Å². The molecule has 1 N–H and O–H groups in total. The Hall–Kier alpha value is -3.46. The van der Waals surface area contributed by atoms with E-state index in [-0.39, 0.29) is 17.9 Å². The fraction of sp³-hybridized carbons (Fsp3) is 0.154. The van der Waals surface area contributed by atoms with Crippen LogP contribution in [0.4, 0.5) is 11.4 Å². The van der Waals surface area contributed by atoms with Crippen LogP contribution >= 0.6 is 0 Å². The van der Waals surface area contributed by atoms with E-state index >= 15 is 0 Å². The molecule has 1 aliphatic rings. The van der Waals surface area contributed by atoms with Gasteiger partial charge in [0.05, 0.1) is 5.41 Å². The summed E-state index contributed by atoms with van der Waals surface area (Å²) in [7, 11) is 0. The average molecular weight is 381 g/mol. The summed E-state index contributed by atoms with van der Waals surface area (Å²) < 4.78 is 2.13. The number of amides is 1. The Kier molecular flexibility index (Phi) is 5.13. The molecule has 144 valence electrons. The molecule has 0 atom stereocenters. The van der Waals surface area contributed by atoms with Crippen LogP contribution in [0, 0.1) is 0 Å². The Morgan fingerprint density at radius 3 is 2.21 bits per heavy atom. The third-order valence-electron chi connectivity index (χ3n) is 5.39. The van der Waals surface area contributed by atoms with Crippen molar-refractivity contribution in [2.45, 2.75) is 19.3 Å². The quantitative estimate of drug-likeness (QED) is 0.589. The maximum atomic E-state index is 12.8. The molecule has 0 aromatic heterocycles. The van der Waals surface area contributed by atoms with E-state index in [1.54, 1.807) is 0 Å². The van der Waals surface area contributed by atoms with Crippen molar-refractivity contribution in [3.8, 4) is 0 Å². The van der Waals surface area contributed by atoms with Crippen molar-refractivity contribution in [1.29, 1.82) is 0 Å². The Morgan fingerprint density at radius 2 is 1.48 bits per heavy atom. The number of carbonyl (C=O) groups excluding carboxylic acids is 1. The van der Waals surface area contributed by atoms with Crippen LogP contribution < -0.4 is 5.32 Å². The molecule has 0 radical (unpaired) electrons. The third-order valence-corrected chi connectivity index (χ3v) is 5.39. The predicted octanol–water partition coefficient (Wildman–Crippen LogP) is 5.41. The number of rotatable bonds is 5. The molecule has 1 amide bonds.